The molecule has 6 rings (SSSR count). The third-order valence-corrected chi connectivity index (χ3v) is 6.58. The van der Waals surface area contributed by atoms with Gasteiger partial charge in [-0.3, -0.25) is 9.59 Å². The lowest BCUT2D eigenvalue weighted by atomic mass is 9.93. The first-order chi connectivity index (χ1) is 19.5. The van der Waals surface area contributed by atoms with Crippen LogP contribution in [0.5, 0.6) is 40.2 Å². The van der Waals surface area contributed by atoms with Gasteiger partial charge in [-0.05, 0) is 36.4 Å². The molecule has 0 saturated carbocycles. The number of hydrogen-bond acceptors (Lipinski definition) is 11. The maximum atomic E-state index is 13.1. The van der Waals surface area contributed by atoms with E-state index in [4.69, 9.17) is 8.83 Å². The maximum Gasteiger partial charge on any atom is 0.197 e. The fraction of sp³-hybridized carbons (Fsp3) is 0. The van der Waals surface area contributed by atoms with E-state index in [-0.39, 0.29) is 55.9 Å². The molecule has 0 radical (unpaired) electrons. The lowest BCUT2D eigenvalue weighted by Crippen LogP contribution is -2.03. The van der Waals surface area contributed by atoms with Crippen LogP contribution in [0.4, 0.5) is 0 Å². The third kappa shape index (κ3) is 4.00. The lowest BCUT2D eigenvalue weighted by Gasteiger charge is -2.16. The fourth-order valence-corrected chi connectivity index (χ4v) is 4.74. The second kappa shape index (κ2) is 8.99. The van der Waals surface area contributed by atoms with Gasteiger partial charge in [0, 0.05) is 47.0 Å². The molecule has 11 nitrogen and oxygen atoms in total. The minimum atomic E-state index is -0.788. The molecule has 0 aliphatic carbocycles. The van der Waals surface area contributed by atoms with Gasteiger partial charge in [0.1, 0.15) is 56.6 Å². The van der Waals surface area contributed by atoms with Gasteiger partial charge >= 0.3 is 0 Å². The molecule has 2 aromatic heterocycles. The zero-order valence-electron chi connectivity index (χ0n) is 20.6. The van der Waals surface area contributed by atoms with Crippen molar-refractivity contribution in [3.05, 3.63) is 87.2 Å². The van der Waals surface area contributed by atoms with Crippen LogP contribution < -0.4 is 10.9 Å². The summed E-state index contributed by atoms with van der Waals surface area (Å²) in [5, 5.41) is 72.1. The molecule has 0 bridgehead atoms. The molecule has 0 aliphatic heterocycles. The van der Waals surface area contributed by atoms with Crippen LogP contribution in [0.3, 0.4) is 0 Å². The van der Waals surface area contributed by atoms with Crippen molar-refractivity contribution in [3.63, 3.8) is 0 Å². The number of phenolic OH excluding ortho intramolecular Hbond substituents is 7. The van der Waals surface area contributed by atoms with Crippen LogP contribution in [0, 0.1) is 0 Å². The van der Waals surface area contributed by atoms with Crippen molar-refractivity contribution < 1.29 is 44.6 Å². The van der Waals surface area contributed by atoms with E-state index >= 15 is 0 Å². The second-order valence-electron chi connectivity index (χ2n) is 9.18. The van der Waals surface area contributed by atoms with Gasteiger partial charge in [-0.15, -0.1) is 0 Å². The van der Waals surface area contributed by atoms with Crippen molar-refractivity contribution in [1.82, 2.24) is 0 Å². The first kappa shape index (κ1) is 25.2. The van der Waals surface area contributed by atoms with Gasteiger partial charge in [0.15, 0.2) is 27.9 Å². The van der Waals surface area contributed by atoms with E-state index in [1.165, 1.54) is 30.3 Å². The van der Waals surface area contributed by atoms with E-state index < -0.39 is 45.4 Å². The summed E-state index contributed by atoms with van der Waals surface area (Å²) < 4.78 is 11.8. The smallest absolute Gasteiger partial charge is 0.197 e. The van der Waals surface area contributed by atoms with Crippen LogP contribution >= 0.6 is 0 Å². The maximum absolute atomic E-state index is 13.1. The van der Waals surface area contributed by atoms with Gasteiger partial charge in [0.2, 0.25) is 0 Å². The summed E-state index contributed by atoms with van der Waals surface area (Å²) in [7, 11) is 0. The first-order valence-corrected chi connectivity index (χ1v) is 11.9. The highest BCUT2D eigenvalue weighted by Crippen LogP contribution is 2.50. The van der Waals surface area contributed by atoms with E-state index in [0.29, 0.717) is 5.56 Å². The van der Waals surface area contributed by atoms with E-state index in [1.54, 1.807) is 0 Å². The van der Waals surface area contributed by atoms with Crippen LogP contribution in [0.15, 0.2) is 85.2 Å². The molecule has 0 aliphatic rings. The van der Waals surface area contributed by atoms with Crippen molar-refractivity contribution in [2.24, 2.45) is 0 Å². The predicted molar refractivity (Wildman–Crippen MR) is 146 cm³/mol. The number of hydrogen-bond donors (Lipinski definition) is 7. The van der Waals surface area contributed by atoms with Gasteiger partial charge in [-0.2, -0.15) is 0 Å². The molecule has 0 saturated heterocycles. The number of phenols is 7. The topological polar surface area (TPSA) is 202 Å². The van der Waals surface area contributed by atoms with Gasteiger partial charge < -0.3 is 44.6 Å². The molecule has 7 N–H and O–H groups in total. The molecule has 0 spiro atoms. The lowest BCUT2D eigenvalue weighted by molar-refractivity contribution is 0.404. The van der Waals surface area contributed by atoms with Crippen LogP contribution in [0.2, 0.25) is 0 Å². The van der Waals surface area contributed by atoms with Gasteiger partial charge in [0.25, 0.3) is 0 Å². The Bertz CT molecular complexity index is 2160. The Morgan fingerprint density at radius 3 is 1.90 bits per heavy atom. The first-order valence-electron chi connectivity index (χ1n) is 11.9. The van der Waals surface area contributed by atoms with Crippen LogP contribution in [0.25, 0.3) is 55.7 Å². The van der Waals surface area contributed by atoms with Crippen molar-refractivity contribution >= 4 is 21.9 Å². The second-order valence-corrected chi connectivity index (χ2v) is 9.18. The zero-order chi connectivity index (χ0) is 29.2. The quantitative estimate of drug-likeness (QED) is 0.148. The SMILES string of the molecule is O=c1cc(-c2ccc(O)c(O)c2-c2c(O)cc(O)c3c(=O)cc(-c4ccc(O)cc4)oc23)oc2cc(O)cc(O)c12. The van der Waals surface area contributed by atoms with E-state index in [2.05, 4.69) is 0 Å². The molecule has 0 fully saturated rings. The van der Waals surface area contributed by atoms with Crippen molar-refractivity contribution in [2.45, 2.75) is 0 Å². The largest absolute Gasteiger partial charge is 0.508 e. The molecule has 2 heterocycles. The fourth-order valence-electron chi connectivity index (χ4n) is 4.74. The van der Waals surface area contributed by atoms with Crippen LogP contribution in [-0.4, -0.2) is 35.7 Å². The Balaban J connectivity index is 1.72. The summed E-state index contributed by atoms with van der Waals surface area (Å²) in [5.74, 6) is -3.91. The highest BCUT2D eigenvalue weighted by molar-refractivity contribution is 6.05. The normalized spacial score (nSPS) is 11.3. The zero-order valence-corrected chi connectivity index (χ0v) is 20.6. The van der Waals surface area contributed by atoms with E-state index in [1.807, 2.05) is 0 Å². The summed E-state index contributed by atoms with van der Waals surface area (Å²) >= 11 is 0. The molecule has 4 aromatic carbocycles. The minimum absolute atomic E-state index is 0.0156. The van der Waals surface area contributed by atoms with Crippen molar-refractivity contribution in [1.29, 1.82) is 0 Å². The Labute approximate surface area is 227 Å². The molecular weight excluding hydrogens is 536 g/mol. The molecule has 0 atom stereocenters. The molecule has 0 amide bonds. The highest BCUT2D eigenvalue weighted by Gasteiger charge is 2.27. The van der Waals surface area contributed by atoms with E-state index in [9.17, 15) is 45.3 Å². The van der Waals surface area contributed by atoms with Gasteiger partial charge in [-0.25, -0.2) is 0 Å². The van der Waals surface area contributed by atoms with Gasteiger partial charge in [0.05, 0.1) is 5.56 Å². The molecule has 0 unspecified atom stereocenters. The molecule has 11 heteroatoms. The third-order valence-electron chi connectivity index (χ3n) is 6.58. The Morgan fingerprint density at radius 2 is 1.17 bits per heavy atom. The molecule has 6 aromatic rings. The standard InChI is InChI=1S/C30H18O11/c31-13-3-1-12(2-4-13)22-10-21(38)27-18(35)9-19(36)28(30(27)41-22)25-15(5-6-16(33)29(25)39)23-11-20(37)26-17(34)7-14(32)8-24(26)40-23/h1-11,31-36,39H. The predicted octanol–water partition coefficient (Wildman–Crippen LogP) is 4.84. The average Bonchev–Trinajstić information content (AvgIpc) is 2.90. The number of benzene rings is 4. The molecule has 204 valence electrons. The minimum Gasteiger partial charge on any atom is -0.508 e. The number of aromatic hydroxyl groups is 7. The van der Waals surface area contributed by atoms with Crippen molar-refractivity contribution in [2.75, 3.05) is 0 Å². The average molecular weight is 554 g/mol. The van der Waals surface area contributed by atoms with Crippen LogP contribution in [-0.2, 0) is 0 Å². The molecule has 41 heavy (non-hydrogen) atoms. The van der Waals surface area contributed by atoms with Crippen molar-refractivity contribution in [3.8, 4) is 74.0 Å². The number of rotatable bonds is 3. The monoisotopic (exact) mass is 554 g/mol. The molecular formula is C30H18O11. The number of fused-ring (bicyclic) bond motifs is 2. The Morgan fingerprint density at radius 1 is 0.512 bits per heavy atom. The Hall–Kier alpha value is -6.10. The van der Waals surface area contributed by atoms with Crippen LogP contribution in [0.1, 0.15) is 0 Å². The van der Waals surface area contributed by atoms with E-state index in [0.717, 1.165) is 36.4 Å². The summed E-state index contributed by atoms with van der Waals surface area (Å²) in [6, 6.07) is 13.0. The van der Waals surface area contributed by atoms with Gasteiger partial charge in [-0.1, -0.05) is 0 Å². The highest BCUT2D eigenvalue weighted by atomic mass is 16.3. The summed E-state index contributed by atoms with van der Waals surface area (Å²) in [6.07, 6.45) is 0. The summed E-state index contributed by atoms with van der Waals surface area (Å²) in [6.45, 7) is 0. The summed E-state index contributed by atoms with van der Waals surface area (Å²) in [4.78, 5) is 26.1. The Kier molecular flexibility index (Phi) is 5.52. The summed E-state index contributed by atoms with van der Waals surface area (Å²) in [5.41, 5.74) is -2.37.